The number of hydrogen-bond donors (Lipinski definition) is 0. The molecule has 0 aliphatic carbocycles. The molecular formula is C2ClF3Zn. The van der Waals surface area contributed by atoms with Gasteiger partial charge in [-0.1, -0.05) is 0 Å². The molecule has 0 aliphatic rings. The van der Waals surface area contributed by atoms with Gasteiger partial charge in [0.05, 0.1) is 0 Å². The summed E-state index contributed by atoms with van der Waals surface area (Å²) in [7, 11) is 0. The van der Waals surface area contributed by atoms with Gasteiger partial charge in [-0.05, 0) is 0 Å². The Bertz CT molecular complexity index is 63.0. The van der Waals surface area contributed by atoms with Crippen LogP contribution in [0.4, 0.5) is 13.2 Å². The van der Waals surface area contributed by atoms with E-state index in [-0.39, 0.29) is 30.7 Å². The Morgan fingerprint density at radius 3 is 1.29 bits per heavy atom. The van der Waals surface area contributed by atoms with Crippen LogP contribution in [0.1, 0.15) is 0 Å². The summed E-state index contributed by atoms with van der Waals surface area (Å²) < 4.78 is 31.1. The quantitative estimate of drug-likeness (QED) is 0.403. The summed E-state index contributed by atoms with van der Waals surface area (Å²) in [6, 6.07) is 0. The maximum atomic E-state index is 11.0. The van der Waals surface area contributed by atoms with E-state index in [2.05, 4.69) is 0 Å². The zero-order chi connectivity index (χ0) is 5.15. The van der Waals surface area contributed by atoms with E-state index in [4.69, 9.17) is 0 Å². The second-order valence-corrected chi connectivity index (χ2v) is 1.97. The van der Waals surface area contributed by atoms with Crippen LogP contribution >= 0.6 is 0 Å². The number of hydrogen-bond acceptors (Lipinski definition) is 0. The van der Waals surface area contributed by atoms with Crippen LogP contribution in [0.25, 0.3) is 0 Å². The van der Waals surface area contributed by atoms with Crippen molar-refractivity contribution in [3.05, 3.63) is 10.5 Å². The van der Waals surface area contributed by atoms with Gasteiger partial charge < -0.3 is 12.4 Å². The minimum Gasteiger partial charge on any atom is -1.00 e. The molecular weight excluding hydrogens is 182 g/mol. The predicted octanol–water partition coefficient (Wildman–Crippen LogP) is -1.43. The van der Waals surface area contributed by atoms with Gasteiger partial charge in [0.15, 0.2) is 0 Å². The summed E-state index contributed by atoms with van der Waals surface area (Å²) in [6.45, 7) is 0. The van der Waals surface area contributed by atoms with Gasteiger partial charge in [-0.2, -0.15) is 0 Å². The van der Waals surface area contributed by atoms with E-state index in [9.17, 15) is 13.2 Å². The molecule has 0 saturated carbocycles. The van der Waals surface area contributed by atoms with E-state index < -0.39 is 10.5 Å². The Kier molecular flexibility index (Phi) is 6.85. The van der Waals surface area contributed by atoms with E-state index in [1.165, 1.54) is 0 Å². The summed E-state index contributed by atoms with van der Waals surface area (Å²) in [5.41, 5.74) is 0. The minimum atomic E-state index is -2.19. The smallest absolute Gasteiger partial charge is 1.00 e. The van der Waals surface area contributed by atoms with Crippen molar-refractivity contribution in [3.8, 4) is 0 Å². The SMILES string of the molecule is FC(F)=[C](F)[Zn+].[Cl-]. The second kappa shape index (κ2) is 4.60. The molecule has 0 fully saturated rings. The van der Waals surface area contributed by atoms with Crippen molar-refractivity contribution in [1.82, 2.24) is 0 Å². The molecule has 0 spiro atoms. The Morgan fingerprint density at radius 1 is 1.14 bits per heavy atom. The first-order valence-corrected chi connectivity index (χ1v) is 2.65. The molecule has 5 heteroatoms. The Hall–Kier alpha value is 0.443. The molecule has 0 rings (SSSR count). The third-order valence-electron chi connectivity index (χ3n) is 0.205. The molecule has 0 unspecified atom stereocenters. The average Bonchev–Trinajstić information content (AvgIpc) is 1.36. The molecule has 0 heterocycles. The molecule has 0 aliphatic heterocycles. The van der Waals surface area contributed by atoms with Crippen LogP contribution in [0.5, 0.6) is 0 Å². The standard InChI is InChI=1S/C2F3.ClH.Zn/c3-1-2(4)5;;/h;1H;/q;;+1/p-1. The van der Waals surface area contributed by atoms with Gasteiger partial charge in [0, 0.05) is 0 Å². The van der Waals surface area contributed by atoms with Crippen LogP contribution in [0.2, 0.25) is 0 Å². The van der Waals surface area contributed by atoms with Crippen molar-refractivity contribution in [1.29, 1.82) is 0 Å². The molecule has 0 bridgehead atoms. The normalized spacial score (nSPS) is 7.00. The van der Waals surface area contributed by atoms with Crippen molar-refractivity contribution >= 4 is 0 Å². The fourth-order valence-corrected chi connectivity index (χ4v) is 0. The van der Waals surface area contributed by atoms with Crippen LogP contribution in [0, 0.1) is 0 Å². The predicted molar refractivity (Wildman–Crippen MR) is 10.4 cm³/mol. The van der Waals surface area contributed by atoms with E-state index in [1.807, 2.05) is 0 Å². The molecule has 0 amide bonds. The van der Waals surface area contributed by atoms with E-state index in [1.54, 1.807) is 0 Å². The van der Waals surface area contributed by atoms with Crippen molar-refractivity contribution in [2.75, 3.05) is 0 Å². The van der Waals surface area contributed by atoms with Gasteiger partial charge in [0.25, 0.3) is 0 Å². The first kappa shape index (κ1) is 10.4. The van der Waals surface area contributed by atoms with Gasteiger partial charge in [-0.15, -0.1) is 0 Å². The molecule has 0 saturated heterocycles. The average molecular weight is 182 g/mol. The summed E-state index contributed by atoms with van der Waals surface area (Å²) in [6.07, 6.45) is -2.19. The van der Waals surface area contributed by atoms with E-state index in [0.29, 0.717) is 0 Å². The van der Waals surface area contributed by atoms with Crippen LogP contribution in [-0.2, 0) is 18.3 Å². The van der Waals surface area contributed by atoms with Crippen LogP contribution in [0.15, 0.2) is 10.5 Å². The van der Waals surface area contributed by atoms with E-state index >= 15 is 0 Å². The summed E-state index contributed by atoms with van der Waals surface area (Å²) in [5, 5.41) is 0. The molecule has 0 atom stereocenters. The van der Waals surface area contributed by atoms with Crippen molar-refractivity contribution in [2.45, 2.75) is 0 Å². The zero-order valence-corrected chi connectivity index (χ0v) is 6.94. The van der Waals surface area contributed by atoms with Crippen LogP contribution in [-0.4, -0.2) is 0 Å². The third kappa shape index (κ3) is 6.44. The molecule has 0 aromatic carbocycles. The first-order valence-electron chi connectivity index (χ1n) is 1.17. The van der Waals surface area contributed by atoms with Gasteiger partial charge in [-0.3, -0.25) is 0 Å². The van der Waals surface area contributed by atoms with E-state index in [0.717, 1.165) is 0 Å². The number of rotatable bonds is 0. The maximum Gasteiger partial charge on any atom is -1.00 e. The summed E-state index contributed by atoms with van der Waals surface area (Å²) in [5.74, 6) is 0. The van der Waals surface area contributed by atoms with Gasteiger partial charge in [0.2, 0.25) is 0 Å². The largest absolute Gasteiger partial charge is 1.00 e. The second-order valence-electron chi connectivity index (χ2n) is 0.665. The topological polar surface area (TPSA) is 0 Å². The molecule has 0 aromatic rings. The zero-order valence-electron chi connectivity index (χ0n) is 3.22. The fraction of sp³-hybridized carbons (Fsp3) is 0. The molecule has 7 heavy (non-hydrogen) atoms. The Labute approximate surface area is 54.9 Å². The maximum absolute atomic E-state index is 11.0. The molecule has 0 nitrogen and oxygen atoms in total. The molecule has 0 N–H and O–H groups in total. The molecule has 38 valence electrons. The van der Waals surface area contributed by atoms with Gasteiger partial charge >= 0.3 is 42.0 Å². The van der Waals surface area contributed by atoms with Crippen LogP contribution in [0.3, 0.4) is 0 Å². The monoisotopic (exact) mass is 180 g/mol. The summed E-state index contributed by atoms with van der Waals surface area (Å²) >= 11 is -0.0949. The van der Waals surface area contributed by atoms with Crippen LogP contribution < -0.4 is 12.4 Å². The molecule has 0 aromatic heterocycles. The van der Waals surface area contributed by atoms with Crippen molar-refractivity contribution < 1.29 is 43.9 Å². The summed E-state index contributed by atoms with van der Waals surface area (Å²) in [4.78, 5) is 0. The Morgan fingerprint density at radius 2 is 1.29 bits per heavy atom. The fourth-order valence-electron chi connectivity index (χ4n) is 0. The Balaban J connectivity index is 0. The van der Waals surface area contributed by atoms with Gasteiger partial charge in [0.1, 0.15) is 0 Å². The first-order chi connectivity index (χ1) is 2.64. The number of halogens is 4. The van der Waals surface area contributed by atoms with Crippen molar-refractivity contribution in [3.63, 3.8) is 0 Å². The van der Waals surface area contributed by atoms with Crippen molar-refractivity contribution in [2.24, 2.45) is 0 Å². The third-order valence-corrected chi connectivity index (χ3v) is 0.766. The van der Waals surface area contributed by atoms with Gasteiger partial charge in [-0.25, -0.2) is 0 Å². The molecule has 0 radical (unpaired) electrons. The minimum absolute atomic E-state index is 0.